The number of amides is 1. The van der Waals surface area contributed by atoms with Crippen molar-refractivity contribution in [2.24, 2.45) is 5.92 Å². The summed E-state index contributed by atoms with van der Waals surface area (Å²) in [5, 5.41) is 0. The molecule has 0 aromatic heterocycles. The number of piperidine rings is 1. The maximum absolute atomic E-state index is 13.3. The van der Waals surface area contributed by atoms with Gasteiger partial charge < -0.3 is 4.90 Å². The highest BCUT2D eigenvalue weighted by Gasteiger charge is 2.34. The number of anilines is 1. The molecule has 1 aliphatic heterocycles. The maximum atomic E-state index is 13.3. The largest absolute Gasteiger partial charge is 0.312 e. The molecule has 0 spiro atoms. The van der Waals surface area contributed by atoms with Crippen LogP contribution in [0, 0.1) is 33.6 Å². The molecule has 0 bridgehead atoms. The number of nitrogens with zero attached hydrogens (tertiary/aromatic N) is 2. The molecule has 5 nitrogen and oxygen atoms in total. The minimum atomic E-state index is -3.53. The van der Waals surface area contributed by atoms with Gasteiger partial charge in [0.2, 0.25) is 15.9 Å². The molecule has 1 aliphatic rings. The molecule has 0 N–H and O–H groups in total. The summed E-state index contributed by atoms with van der Waals surface area (Å²) in [7, 11) is -3.53. The second-order valence-corrected chi connectivity index (χ2v) is 10.2. The highest BCUT2D eigenvalue weighted by atomic mass is 32.2. The zero-order valence-corrected chi connectivity index (χ0v) is 19.4. The second-order valence-electron chi connectivity index (χ2n) is 8.30. The Balaban J connectivity index is 1.73. The van der Waals surface area contributed by atoms with Crippen molar-refractivity contribution in [1.29, 1.82) is 0 Å². The summed E-state index contributed by atoms with van der Waals surface area (Å²) in [6.07, 6.45) is 1.09. The van der Waals surface area contributed by atoms with Crippen molar-refractivity contribution in [2.45, 2.75) is 52.4 Å². The third-order valence-corrected chi connectivity index (χ3v) is 8.05. The van der Waals surface area contributed by atoms with Gasteiger partial charge in [-0.25, -0.2) is 8.42 Å². The molecule has 0 radical (unpaired) electrons. The molecule has 3 rings (SSSR count). The van der Waals surface area contributed by atoms with E-state index in [-0.39, 0.29) is 11.8 Å². The summed E-state index contributed by atoms with van der Waals surface area (Å²) in [5.41, 5.74) is 5.19. The van der Waals surface area contributed by atoms with Crippen molar-refractivity contribution >= 4 is 21.6 Å². The average molecular weight is 429 g/mol. The molecule has 2 aromatic carbocycles. The van der Waals surface area contributed by atoms with Crippen LogP contribution in [0.1, 0.15) is 42.0 Å². The molecule has 2 aromatic rings. The van der Waals surface area contributed by atoms with Crippen LogP contribution >= 0.6 is 0 Å². The Hall–Kier alpha value is -2.18. The van der Waals surface area contributed by atoms with Crippen LogP contribution in [0.2, 0.25) is 0 Å². The fourth-order valence-electron chi connectivity index (χ4n) is 4.04. The summed E-state index contributed by atoms with van der Waals surface area (Å²) < 4.78 is 27.6. The van der Waals surface area contributed by atoms with Crippen molar-refractivity contribution in [1.82, 2.24) is 4.31 Å². The van der Waals surface area contributed by atoms with E-state index in [0.29, 0.717) is 37.4 Å². The maximum Gasteiger partial charge on any atom is 0.243 e. The zero-order chi connectivity index (χ0) is 22.1. The average Bonchev–Trinajstić information content (AvgIpc) is 2.73. The quantitative estimate of drug-likeness (QED) is 0.710. The molecule has 1 heterocycles. The molecule has 30 heavy (non-hydrogen) atoms. The Kier molecular flexibility index (Phi) is 6.68. The number of carbonyl (C=O) groups is 1. The van der Waals surface area contributed by atoms with Crippen molar-refractivity contribution in [2.75, 3.05) is 24.5 Å². The monoisotopic (exact) mass is 428 g/mol. The zero-order valence-electron chi connectivity index (χ0n) is 18.6. The van der Waals surface area contributed by atoms with Gasteiger partial charge in [-0.1, -0.05) is 18.2 Å². The molecule has 0 unspecified atom stereocenters. The van der Waals surface area contributed by atoms with Crippen LogP contribution in [0.3, 0.4) is 0 Å². The van der Waals surface area contributed by atoms with E-state index >= 15 is 0 Å². The number of aryl methyl sites for hydroxylation is 4. The Bertz CT molecular complexity index is 1040. The topological polar surface area (TPSA) is 57.7 Å². The van der Waals surface area contributed by atoms with E-state index in [1.165, 1.54) is 4.31 Å². The van der Waals surface area contributed by atoms with Gasteiger partial charge >= 0.3 is 0 Å². The molecule has 162 valence electrons. The van der Waals surface area contributed by atoms with Gasteiger partial charge in [0.15, 0.2) is 0 Å². The third kappa shape index (κ3) is 4.44. The number of hydrogen-bond donors (Lipinski definition) is 0. The molecular formula is C24H32N2O3S. The van der Waals surface area contributed by atoms with E-state index < -0.39 is 10.0 Å². The van der Waals surface area contributed by atoms with Gasteiger partial charge in [-0.3, -0.25) is 4.79 Å². The predicted molar refractivity (Wildman–Crippen MR) is 121 cm³/mol. The molecule has 6 heteroatoms. The molecule has 1 fully saturated rings. The molecule has 0 aliphatic carbocycles. The van der Waals surface area contributed by atoms with Crippen molar-refractivity contribution in [3.8, 4) is 0 Å². The smallest absolute Gasteiger partial charge is 0.243 e. The van der Waals surface area contributed by atoms with Crippen LogP contribution in [-0.2, 0) is 14.8 Å². The molecule has 0 saturated carbocycles. The lowest BCUT2D eigenvalue weighted by Crippen LogP contribution is -2.44. The second kappa shape index (κ2) is 8.90. The Morgan fingerprint density at radius 2 is 1.60 bits per heavy atom. The molecule has 1 saturated heterocycles. The lowest BCUT2D eigenvalue weighted by atomic mass is 9.95. The SMILES string of the molecule is CCN(C(=O)C1CCN(S(=O)(=O)c2ccc(C)c(C)c2)CC1)c1cc(C)ccc1C. The van der Waals surface area contributed by atoms with E-state index in [1.807, 2.05) is 57.7 Å². The number of carbonyl (C=O) groups excluding carboxylic acids is 1. The van der Waals surface area contributed by atoms with E-state index in [4.69, 9.17) is 0 Å². The summed E-state index contributed by atoms with van der Waals surface area (Å²) in [5.74, 6) is -0.0644. The lowest BCUT2D eigenvalue weighted by Gasteiger charge is -2.34. The highest BCUT2D eigenvalue weighted by molar-refractivity contribution is 7.89. The minimum absolute atomic E-state index is 0.0921. The normalized spacial score (nSPS) is 15.9. The summed E-state index contributed by atoms with van der Waals surface area (Å²) in [6.45, 7) is 11.3. The molecular weight excluding hydrogens is 396 g/mol. The number of benzene rings is 2. The Morgan fingerprint density at radius 1 is 0.967 bits per heavy atom. The van der Waals surface area contributed by atoms with Crippen LogP contribution < -0.4 is 4.90 Å². The van der Waals surface area contributed by atoms with Gasteiger partial charge in [0, 0.05) is 31.2 Å². The first-order valence-electron chi connectivity index (χ1n) is 10.6. The first-order valence-corrected chi connectivity index (χ1v) is 12.0. The number of sulfonamides is 1. The number of rotatable bonds is 5. The van der Waals surface area contributed by atoms with Crippen molar-refractivity contribution < 1.29 is 13.2 Å². The summed E-state index contributed by atoms with van der Waals surface area (Å²) in [4.78, 5) is 15.4. The van der Waals surface area contributed by atoms with Crippen molar-refractivity contribution in [3.05, 3.63) is 58.7 Å². The minimum Gasteiger partial charge on any atom is -0.312 e. The van der Waals surface area contributed by atoms with E-state index in [2.05, 4.69) is 6.07 Å². The van der Waals surface area contributed by atoms with Gasteiger partial charge in [-0.2, -0.15) is 4.31 Å². The summed E-state index contributed by atoms with van der Waals surface area (Å²) in [6, 6.07) is 11.4. The van der Waals surface area contributed by atoms with Crippen LogP contribution in [0.4, 0.5) is 5.69 Å². The molecule has 0 atom stereocenters. The predicted octanol–water partition coefficient (Wildman–Crippen LogP) is 4.37. The van der Waals surface area contributed by atoms with Crippen LogP contribution in [0.5, 0.6) is 0 Å². The van der Waals surface area contributed by atoms with E-state index in [9.17, 15) is 13.2 Å². The van der Waals surface area contributed by atoms with E-state index in [0.717, 1.165) is 27.9 Å². The first-order chi connectivity index (χ1) is 14.1. The van der Waals surface area contributed by atoms with Crippen molar-refractivity contribution in [3.63, 3.8) is 0 Å². The van der Waals surface area contributed by atoms with Gasteiger partial charge in [0.25, 0.3) is 0 Å². The summed E-state index contributed by atoms with van der Waals surface area (Å²) >= 11 is 0. The first kappa shape index (κ1) is 22.5. The van der Waals surface area contributed by atoms with E-state index in [1.54, 1.807) is 12.1 Å². The van der Waals surface area contributed by atoms with Gasteiger partial charge in [-0.05, 0) is 87.9 Å². The third-order valence-electron chi connectivity index (χ3n) is 6.16. The Morgan fingerprint density at radius 3 is 2.20 bits per heavy atom. The number of hydrogen-bond acceptors (Lipinski definition) is 3. The van der Waals surface area contributed by atoms with Gasteiger partial charge in [-0.15, -0.1) is 0 Å². The van der Waals surface area contributed by atoms with Crippen LogP contribution in [0.25, 0.3) is 0 Å². The fraction of sp³-hybridized carbons (Fsp3) is 0.458. The van der Waals surface area contributed by atoms with Gasteiger partial charge in [0.1, 0.15) is 0 Å². The highest BCUT2D eigenvalue weighted by Crippen LogP contribution is 2.29. The lowest BCUT2D eigenvalue weighted by molar-refractivity contribution is -0.123. The van der Waals surface area contributed by atoms with Crippen LogP contribution in [0.15, 0.2) is 41.3 Å². The molecule has 1 amide bonds. The fourth-order valence-corrected chi connectivity index (χ4v) is 5.60. The standard InChI is InChI=1S/C24H32N2O3S/c1-6-26(23-15-17(2)7-8-19(23)4)24(27)21-11-13-25(14-12-21)30(28,29)22-10-9-18(3)20(5)16-22/h7-10,15-16,21H,6,11-14H2,1-5H3. The Labute approximate surface area is 180 Å². The van der Waals surface area contributed by atoms with Crippen LogP contribution in [-0.4, -0.2) is 38.3 Å². The van der Waals surface area contributed by atoms with Gasteiger partial charge in [0.05, 0.1) is 4.90 Å².